The van der Waals surface area contributed by atoms with Crippen molar-refractivity contribution in [3.8, 4) is 0 Å². The van der Waals surface area contributed by atoms with E-state index in [9.17, 15) is 9.18 Å². The third-order valence-electron chi connectivity index (χ3n) is 4.85. The minimum atomic E-state index is -0.188. The highest BCUT2D eigenvalue weighted by molar-refractivity contribution is 5.78. The lowest BCUT2D eigenvalue weighted by Crippen LogP contribution is -2.54. The number of amides is 1. The van der Waals surface area contributed by atoms with Gasteiger partial charge in [-0.15, -0.1) is 0 Å². The second-order valence-electron chi connectivity index (χ2n) is 7.17. The van der Waals surface area contributed by atoms with Crippen LogP contribution >= 0.6 is 0 Å². The van der Waals surface area contributed by atoms with E-state index in [-0.39, 0.29) is 29.1 Å². The molecule has 2 atom stereocenters. The molecule has 0 saturated carbocycles. The van der Waals surface area contributed by atoms with Crippen molar-refractivity contribution in [1.82, 2.24) is 4.90 Å². The minimum Gasteiger partial charge on any atom is -0.342 e. The summed E-state index contributed by atoms with van der Waals surface area (Å²) in [4.78, 5) is 14.5. The summed E-state index contributed by atoms with van der Waals surface area (Å²) in [6.45, 7) is 7.59. The van der Waals surface area contributed by atoms with Gasteiger partial charge in [-0.2, -0.15) is 0 Å². The first-order valence-electron chi connectivity index (χ1n) is 8.09. The molecule has 0 bridgehead atoms. The minimum absolute atomic E-state index is 0.0425. The lowest BCUT2D eigenvalue weighted by atomic mass is 9.79. The van der Waals surface area contributed by atoms with Gasteiger partial charge >= 0.3 is 0 Å². The van der Waals surface area contributed by atoms with Crippen LogP contribution in [0.1, 0.15) is 39.2 Å². The first kappa shape index (κ1) is 16.9. The number of carbonyl (C=O) groups is 1. The van der Waals surface area contributed by atoms with Gasteiger partial charge < -0.3 is 10.6 Å². The Morgan fingerprint density at radius 2 is 2.14 bits per heavy atom. The monoisotopic (exact) mass is 306 g/mol. The van der Waals surface area contributed by atoms with E-state index in [0.29, 0.717) is 24.9 Å². The molecular weight excluding hydrogens is 279 g/mol. The lowest BCUT2D eigenvalue weighted by Gasteiger charge is -2.43. The molecule has 1 aromatic carbocycles. The number of nitrogens with zero attached hydrogens (tertiary/aromatic N) is 1. The molecule has 0 aliphatic carbocycles. The Labute approximate surface area is 132 Å². The van der Waals surface area contributed by atoms with Crippen molar-refractivity contribution >= 4 is 5.91 Å². The van der Waals surface area contributed by atoms with Crippen molar-refractivity contribution in [1.29, 1.82) is 0 Å². The summed E-state index contributed by atoms with van der Waals surface area (Å²) in [6.07, 6.45) is 2.11. The number of aryl methyl sites for hydroxylation is 1. The Bertz CT molecular complexity index is 530. The Morgan fingerprint density at radius 1 is 1.45 bits per heavy atom. The van der Waals surface area contributed by atoms with Gasteiger partial charge in [0, 0.05) is 25.0 Å². The zero-order valence-corrected chi connectivity index (χ0v) is 13.8. The van der Waals surface area contributed by atoms with Gasteiger partial charge in [-0.3, -0.25) is 4.79 Å². The zero-order valence-electron chi connectivity index (χ0n) is 13.8. The molecule has 3 nitrogen and oxygen atoms in total. The predicted octanol–water partition coefficient (Wildman–Crippen LogP) is 2.98. The Morgan fingerprint density at radius 3 is 2.77 bits per heavy atom. The number of nitrogens with two attached hydrogens (primary N) is 1. The molecule has 1 saturated heterocycles. The van der Waals surface area contributed by atoms with E-state index in [1.54, 1.807) is 12.1 Å². The molecule has 22 heavy (non-hydrogen) atoms. The Balaban J connectivity index is 1.91. The Kier molecular flexibility index (Phi) is 5.22. The number of hydrogen-bond acceptors (Lipinski definition) is 2. The number of piperidine rings is 1. The first-order chi connectivity index (χ1) is 10.3. The van der Waals surface area contributed by atoms with Crippen molar-refractivity contribution in [2.75, 3.05) is 13.1 Å². The third-order valence-corrected chi connectivity index (χ3v) is 4.85. The van der Waals surface area contributed by atoms with Crippen LogP contribution in [0.4, 0.5) is 4.39 Å². The highest BCUT2D eigenvalue weighted by Gasteiger charge is 2.36. The van der Waals surface area contributed by atoms with Crippen LogP contribution in [-0.4, -0.2) is 29.9 Å². The van der Waals surface area contributed by atoms with Crippen LogP contribution in [0.5, 0.6) is 0 Å². The van der Waals surface area contributed by atoms with E-state index in [2.05, 4.69) is 13.8 Å². The number of rotatable bonds is 4. The number of carbonyl (C=O) groups excluding carboxylic acids is 1. The van der Waals surface area contributed by atoms with E-state index in [1.807, 2.05) is 17.9 Å². The van der Waals surface area contributed by atoms with Gasteiger partial charge in [0.1, 0.15) is 5.82 Å². The maximum absolute atomic E-state index is 13.6. The molecule has 4 heteroatoms. The van der Waals surface area contributed by atoms with Crippen LogP contribution in [0.25, 0.3) is 0 Å². The summed E-state index contributed by atoms with van der Waals surface area (Å²) >= 11 is 0. The van der Waals surface area contributed by atoms with Crippen LogP contribution in [0.3, 0.4) is 0 Å². The van der Waals surface area contributed by atoms with Gasteiger partial charge in [-0.1, -0.05) is 39.0 Å². The van der Waals surface area contributed by atoms with E-state index in [4.69, 9.17) is 5.73 Å². The van der Waals surface area contributed by atoms with Gasteiger partial charge in [0.15, 0.2) is 0 Å². The largest absolute Gasteiger partial charge is 0.342 e. The molecule has 2 rings (SSSR count). The molecule has 1 heterocycles. The molecule has 0 spiro atoms. The topological polar surface area (TPSA) is 46.3 Å². The van der Waals surface area contributed by atoms with Crippen LogP contribution in [0.15, 0.2) is 24.3 Å². The second kappa shape index (κ2) is 6.78. The fourth-order valence-electron chi connectivity index (χ4n) is 3.07. The number of benzene rings is 1. The summed E-state index contributed by atoms with van der Waals surface area (Å²) in [6, 6.07) is 6.92. The number of hydrogen-bond donors (Lipinski definition) is 1. The quantitative estimate of drug-likeness (QED) is 0.929. The summed E-state index contributed by atoms with van der Waals surface area (Å²) in [7, 11) is 0. The normalized spacial score (nSPS) is 22.4. The smallest absolute Gasteiger partial charge is 0.225 e. The van der Waals surface area contributed by atoms with E-state index >= 15 is 0 Å². The average Bonchev–Trinajstić information content (AvgIpc) is 2.48. The summed E-state index contributed by atoms with van der Waals surface area (Å²) in [5, 5.41) is 0. The highest BCUT2D eigenvalue weighted by atomic mass is 19.1. The molecule has 1 aliphatic heterocycles. The molecule has 1 aliphatic rings. The van der Waals surface area contributed by atoms with Gasteiger partial charge in [0.25, 0.3) is 0 Å². The molecule has 0 aromatic heterocycles. The molecule has 0 radical (unpaired) electrons. The van der Waals surface area contributed by atoms with Crippen LogP contribution in [-0.2, 0) is 11.2 Å². The van der Waals surface area contributed by atoms with Crippen molar-refractivity contribution in [2.24, 2.45) is 17.1 Å². The fraction of sp³-hybridized carbons (Fsp3) is 0.611. The first-order valence-corrected chi connectivity index (χ1v) is 8.09. The molecule has 2 N–H and O–H groups in total. The SMILES string of the molecule is CC(CCc1ccccc1F)C(=O)N1CCC(N)C(C)(C)C1. The van der Waals surface area contributed by atoms with Gasteiger partial charge in [-0.25, -0.2) is 4.39 Å². The summed E-state index contributed by atoms with van der Waals surface area (Å²) in [5.41, 5.74) is 6.76. The molecular formula is C18H27FN2O. The van der Waals surface area contributed by atoms with E-state index < -0.39 is 0 Å². The number of likely N-dealkylation sites (tertiary alicyclic amines) is 1. The zero-order chi connectivity index (χ0) is 16.3. The van der Waals surface area contributed by atoms with Crippen molar-refractivity contribution < 1.29 is 9.18 Å². The highest BCUT2D eigenvalue weighted by Crippen LogP contribution is 2.29. The molecule has 1 amide bonds. The van der Waals surface area contributed by atoms with Crippen molar-refractivity contribution in [3.63, 3.8) is 0 Å². The standard InChI is InChI=1S/C18H27FN2O/c1-13(8-9-14-6-4-5-7-15(14)19)17(22)21-11-10-16(20)18(2,3)12-21/h4-7,13,16H,8-12,20H2,1-3H3. The molecule has 1 aromatic rings. The van der Waals surface area contributed by atoms with Crippen molar-refractivity contribution in [3.05, 3.63) is 35.6 Å². The fourth-order valence-corrected chi connectivity index (χ4v) is 3.07. The van der Waals surface area contributed by atoms with E-state index in [0.717, 1.165) is 13.0 Å². The maximum atomic E-state index is 13.6. The molecule has 2 unspecified atom stereocenters. The lowest BCUT2D eigenvalue weighted by molar-refractivity contribution is -0.138. The van der Waals surface area contributed by atoms with Crippen LogP contribution in [0, 0.1) is 17.2 Å². The van der Waals surface area contributed by atoms with Crippen molar-refractivity contribution in [2.45, 2.75) is 46.1 Å². The van der Waals surface area contributed by atoms with Gasteiger partial charge in [0.2, 0.25) is 5.91 Å². The maximum Gasteiger partial charge on any atom is 0.225 e. The second-order valence-corrected chi connectivity index (χ2v) is 7.17. The molecule has 122 valence electrons. The van der Waals surface area contributed by atoms with Crippen LogP contribution in [0.2, 0.25) is 0 Å². The Hall–Kier alpha value is -1.42. The third kappa shape index (κ3) is 3.86. The van der Waals surface area contributed by atoms with E-state index in [1.165, 1.54) is 6.07 Å². The summed E-state index contributed by atoms with van der Waals surface area (Å²) in [5.74, 6) is -0.117. The van der Waals surface area contributed by atoms with Gasteiger partial charge in [-0.05, 0) is 36.3 Å². The average molecular weight is 306 g/mol. The number of halogens is 1. The van der Waals surface area contributed by atoms with Gasteiger partial charge in [0.05, 0.1) is 0 Å². The van der Waals surface area contributed by atoms with Crippen LogP contribution < -0.4 is 5.73 Å². The predicted molar refractivity (Wildman–Crippen MR) is 86.8 cm³/mol. The molecule has 1 fully saturated rings. The summed E-state index contributed by atoms with van der Waals surface area (Å²) < 4.78 is 13.6.